The first-order valence-electron chi connectivity index (χ1n) is 10.4. The molecule has 0 spiro atoms. The van der Waals surface area contributed by atoms with Crippen LogP contribution in [0.1, 0.15) is 30.3 Å². The third kappa shape index (κ3) is 3.43. The number of pyridine rings is 1. The van der Waals surface area contributed by atoms with E-state index in [4.69, 9.17) is 0 Å². The van der Waals surface area contributed by atoms with Crippen molar-refractivity contribution in [2.75, 3.05) is 26.2 Å². The summed E-state index contributed by atoms with van der Waals surface area (Å²) < 4.78 is 0. The Bertz CT molecular complexity index is 1110. The summed E-state index contributed by atoms with van der Waals surface area (Å²) in [7, 11) is 0. The van der Waals surface area contributed by atoms with Gasteiger partial charge >= 0.3 is 0 Å². The Morgan fingerprint density at radius 1 is 0.967 bits per heavy atom. The van der Waals surface area contributed by atoms with Gasteiger partial charge in [-0.1, -0.05) is 31.7 Å². The topological polar surface area (TPSA) is 62.2 Å². The zero-order valence-electron chi connectivity index (χ0n) is 17.2. The van der Waals surface area contributed by atoms with Crippen molar-refractivity contribution in [3.63, 3.8) is 0 Å². The summed E-state index contributed by atoms with van der Waals surface area (Å²) in [5.41, 5.74) is 4.44. The molecule has 1 saturated heterocycles. The van der Waals surface area contributed by atoms with E-state index in [0.717, 1.165) is 29.6 Å². The lowest BCUT2D eigenvalue weighted by Crippen LogP contribution is -2.49. The number of carbonyl (C=O) groups is 1. The highest BCUT2D eigenvalue weighted by Crippen LogP contribution is 2.51. The number of rotatable bonds is 4. The maximum absolute atomic E-state index is 12.9. The maximum atomic E-state index is 12.9. The third-order valence-corrected chi connectivity index (χ3v) is 6.40. The lowest BCUT2D eigenvalue weighted by molar-refractivity contribution is 0.0653. The van der Waals surface area contributed by atoms with E-state index in [0.29, 0.717) is 24.5 Å². The Labute approximate surface area is 176 Å². The number of amides is 1. The van der Waals surface area contributed by atoms with Gasteiger partial charge in [-0.05, 0) is 25.0 Å². The first-order valence-corrected chi connectivity index (χ1v) is 10.4. The molecule has 3 aromatic rings. The van der Waals surface area contributed by atoms with Crippen LogP contribution in [0.4, 0.5) is 0 Å². The van der Waals surface area contributed by atoms with Gasteiger partial charge in [0, 0.05) is 54.4 Å². The van der Waals surface area contributed by atoms with Crippen molar-refractivity contribution in [1.82, 2.24) is 24.8 Å². The molecule has 1 aromatic carbocycles. The van der Waals surface area contributed by atoms with Crippen LogP contribution in [0.15, 0.2) is 61.2 Å². The van der Waals surface area contributed by atoms with Crippen molar-refractivity contribution in [1.29, 1.82) is 0 Å². The summed E-state index contributed by atoms with van der Waals surface area (Å²) in [6, 6.07) is 10.0. The molecule has 0 unspecified atom stereocenters. The first kappa shape index (κ1) is 18.7. The van der Waals surface area contributed by atoms with Crippen molar-refractivity contribution >= 4 is 16.8 Å². The Kier molecular flexibility index (Phi) is 4.50. The number of fused-ring (bicyclic) bond motifs is 1. The molecule has 1 saturated carbocycles. The molecule has 3 heterocycles. The van der Waals surface area contributed by atoms with Gasteiger partial charge in [-0.2, -0.15) is 0 Å². The van der Waals surface area contributed by atoms with E-state index in [1.807, 2.05) is 35.2 Å². The molecule has 6 heteroatoms. The van der Waals surface area contributed by atoms with Crippen molar-refractivity contribution in [3.8, 4) is 11.3 Å². The Hall–Kier alpha value is -3.28. The largest absolute Gasteiger partial charge is 0.371 e. The van der Waals surface area contributed by atoms with E-state index in [9.17, 15) is 4.79 Å². The minimum absolute atomic E-state index is 0.0615. The van der Waals surface area contributed by atoms with Crippen LogP contribution in [0.5, 0.6) is 0 Å². The molecule has 5 rings (SSSR count). The Morgan fingerprint density at radius 2 is 1.70 bits per heavy atom. The molecule has 0 atom stereocenters. The monoisotopic (exact) mass is 399 g/mol. The van der Waals surface area contributed by atoms with Gasteiger partial charge in [0.05, 0.1) is 23.6 Å². The van der Waals surface area contributed by atoms with Gasteiger partial charge in [0.1, 0.15) is 5.69 Å². The summed E-state index contributed by atoms with van der Waals surface area (Å²) in [6.45, 7) is 9.59. The van der Waals surface area contributed by atoms with Crippen LogP contribution in [0.3, 0.4) is 0 Å². The predicted molar refractivity (Wildman–Crippen MR) is 117 cm³/mol. The second-order valence-electron chi connectivity index (χ2n) is 8.49. The van der Waals surface area contributed by atoms with Crippen LogP contribution in [0, 0.1) is 5.41 Å². The molecule has 1 aliphatic carbocycles. The lowest BCUT2D eigenvalue weighted by atomic mass is 10.0. The molecule has 1 amide bonds. The summed E-state index contributed by atoms with van der Waals surface area (Å²) in [6.07, 6.45) is 7.47. The van der Waals surface area contributed by atoms with E-state index in [1.54, 1.807) is 18.6 Å². The molecule has 0 radical (unpaired) electrons. The maximum Gasteiger partial charge on any atom is 0.274 e. The van der Waals surface area contributed by atoms with E-state index in [2.05, 4.69) is 33.4 Å². The normalized spacial score (nSPS) is 17.8. The summed E-state index contributed by atoms with van der Waals surface area (Å²) in [4.78, 5) is 30.4. The summed E-state index contributed by atoms with van der Waals surface area (Å²) >= 11 is 0. The molecule has 6 nitrogen and oxygen atoms in total. The summed E-state index contributed by atoms with van der Waals surface area (Å²) in [5.74, 6) is -0.0615. The fraction of sp³-hybridized carbons (Fsp3) is 0.333. The number of hydrogen-bond acceptors (Lipinski definition) is 5. The number of hydrogen-bond donors (Lipinski definition) is 0. The van der Waals surface area contributed by atoms with Crippen molar-refractivity contribution in [2.24, 2.45) is 5.41 Å². The number of aromatic nitrogens is 3. The first-order chi connectivity index (χ1) is 14.5. The van der Waals surface area contributed by atoms with Crippen molar-refractivity contribution < 1.29 is 4.79 Å². The summed E-state index contributed by atoms with van der Waals surface area (Å²) in [5, 5.41) is 1.05. The highest BCUT2D eigenvalue weighted by atomic mass is 16.2. The van der Waals surface area contributed by atoms with E-state index >= 15 is 0 Å². The van der Waals surface area contributed by atoms with Crippen LogP contribution in [-0.4, -0.2) is 56.8 Å². The molecule has 0 bridgehead atoms. The molecule has 1 aliphatic heterocycles. The smallest absolute Gasteiger partial charge is 0.274 e. The van der Waals surface area contributed by atoms with Crippen LogP contribution < -0.4 is 0 Å². The lowest BCUT2D eigenvalue weighted by Gasteiger charge is -2.38. The molecule has 30 heavy (non-hydrogen) atoms. The third-order valence-electron chi connectivity index (χ3n) is 6.40. The predicted octanol–water partition coefficient (Wildman–Crippen LogP) is 3.76. The highest BCUT2D eigenvalue weighted by Gasteiger charge is 2.42. The molecule has 0 N–H and O–H groups in total. The molecular formula is C24H25N5O. The average molecular weight is 399 g/mol. The van der Waals surface area contributed by atoms with Crippen LogP contribution in [0.25, 0.3) is 22.2 Å². The highest BCUT2D eigenvalue weighted by molar-refractivity contribution is 5.92. The number of allylic oxidation sites excluding steroid dienone is 1. The fourth-order valence-electron chi connectivity index (χ4n) is 4.00. The SMILES string of the molecule is C=C(N1CCN(C(=O)c2cnc(-c3cnc4ccccc4c3)cn2)CC1)C1(C)CC1. The fourth-order valence-corrected chi connectivity index (χ4v) is 4.00. The van der Waals surface area contributed by atoms with Gasteiger partial charge in [0.2, 0.25) is 0 Å². The molecular weight excluding hydrogens is 374 g/mol. The van der Waals surface area contributed by atoms with Gasteiger partial charge in [0.25, 0.3) is 5.91 Å². The second kappa shape index (κ2) is 7.20. The molecule has 2 fully saturated rings. The average Bonchev–Trinajstić information content (AvgIpc) is 3.56. The van der Waals surface area contributed by atoms with Gasteiger partial charge in [-0.3, -0.25) is 14.8 Å². The Morgan fingerprint density at radius 3 is 2.40 bits per heavy atom. The van der Waals surface area contributed by atoms with Crippen molar-refractivity contribution in [2.45, 2.75) is 19.8 Å². The zero-order chi connectivity index (χ0) is 20.7. The number of nitrogens with zero attached hydrogens (tertiary/aromatic N) is 5. The number of benzene rings is 1. The number of para-hydroxylation sites is 1. The van der Waals surface area contributed by atoms with E-state index in [-0.39, 0.29) is 11.3 Å². The molecule has 2 aromatic heterocycles. The molecule has 152 valence electrons. The van der Waals surface area contributed by atoms with Crippen molar-refractivity contribution in [3.05, 3.63) is 66.9 Å². The van der Waals surface area contributed by atoms with Crippen LogP contribution in [0.2, 0.25) is 0 Å². The van der Waals surface area contributed by atoms with Crippen LogP contribution >= 0.6 is 0 Å². The van der Waals surface area contributed by atoms with Gasteiger partial charge < -0.3 is 9.80 Å². The second-order valence-corrected chi connectivity index (χ2v) is 8.49. The standard InChI is InChI=1S/C24H25N5O/c1-17(24(2)7-8-24)28-9-11-29(12-10-28)23(30)22-16-26-21(15-27-22)19-13-18-5-3-4-6-20(18)25-14-19/h3-6,13-16H,1,7-12H2,2H3. The number of piperazine rings is 1. The Balaban J connectivity index is 1.26. The van der Waals surface area contributed by atoms with Gasteiger partial charge in [0.15, 0.2) is 0 Å². The van der Waals surface area contributed by atoms with Crippen LogP contribution in [-0.2, 0) is 0 Å². The zero-order valence-corrected chi connectivity index (χ0v) is 17.2. The van der Waals surface area contributed by atoms with Gasteiger partial charge in [-0.15, -0.1) is 0 Å². The number of carbonyl (C=O) groups excluding carboxylic acids is 1. The molecule has 2 aliphatic rings. The van der Waals surface area contributed by atoms with E-state index < -0.39 is 0 Å². The quantitative estimate of drug-likeness (QED) is 0.668. The minimum Gasteiger partial charge on any atom is -0.371 e. The minimum atomic E-state index is -0.0615. The van der Waals surface area contributed by atoms with Gasteiger partial charge in [-0.25, -0.2) is 4.98 Å². The van der Waals surface area contributed by atoms with E-state index in [1.165, 1.54) is 18.5 Å².